The zero-order valence-electron chi connectivity index (χ0n) is 13.8. The summed E-state index contributed by atoms with van der Waals surface area (Å²) in [7, 11) is -3.89. The highest BCUT2D eigenvalue weighted by Crippen LogP contribution is 2.19. The van der Waals surface area contributed by atoms with Gasteiger partial charge >= 0.3 is 0 Å². The molecule has 6 nitrogen and oxygen atoms in total. The number of nitrogens with one attached hydrogen (secondary N) is 2. The van der Waals surface area contributed by atoms with Gasteiger partial charge in [-0.3, -0.25) is 14.5 Å². The van der Waals surface area contributed by atoms with Crippen molar-refractivity contribution in [1.29, 1.82) is 0 Å². The van der Waals surface area contributed by atoms with E-state index in [9.17, 15) is 26.4 Å². The van der Waals surface area contributed by atoms with Crippen molar-refractivity contribution < 1.29 is 26.4 Å². The lowest BCUT2D eigenvalue weighted by Gasteiger charge is -2.10. The Balaban J connectivity index is 1.80. The number of nitrogens with zero attached hydrogens (tertiary/aromatic N) is 1. The molecule has 0 saturated heterocycles. The third kappa shape index (κ3) is 4.27. The molecule has 0 radical (unpaired) electrons. The SMILES string of the molecule is O=C(Nc1cccc(S(=O)(=O)NC2=NCCC2)c1)c1cc(F)c(F)c(F)c1. The van der Waals surface area contributed by atoms with Crippen LogP contribution in [0.4, 0.5) is 18.9 Å². The van der Waals surface area contributed by atoms with Crippen molar-refractivity contribution in [3.63, 3.8) is 0 Å². The van der Waals surface area contributed by atoms with Gasteiger partial charge in [0.1, 0.15) is 5.84 Å². The molecule has 2 aromatic rings. The molecule has 0 spiro atoms. The fraction of sp³-hybridized carbons (Fsp3) is 0.176. The van der Waals surface area contributed by atoms with Crippen molar-refractivity contribution in [2.24, 2.45) is 4.99 Å². The van der Waals surface area contributed by atoms with Crippen molar-refractivity contribution in [2.45, 2.75) is 17.7 Å². The number of anilines is 1. The molecule has 1 heterocycles. The lowest BCUT2D eigenvalue weighted by molar-refractivity contribution is 0.102. The first-order valence-electron chi connectivity index (χ1n) is 7.88. The average molecular weight is 397 g/mol. The van der Waals surface area contributed by atoms with Gasteiger partial charge in [-0.15, -0.1) is 0 Å². The summed E-state index contributed by atoms with van der Waals surface area (Å²) in [5.41, 5.74) is -0.362. The Morgan fingerprint density at radius 3 is 2.41 bits per heavy atom. The Morgan fingerprint density at radius 1 is 1.07 bits per heavy atom. The van der Waals surface area contributed by atoms with Crippen molar-refractivity contribution in [2.75, 3.05) is 11.9 Å². The Morgan fingerprint density at radius 2 is 1.78 bits per heavy atom. The highest BCUT2D eigenvalue weighted by molar-refractivity contribution is 7.90. The summed E-state index contributed by atoms with van der Waals surface area (Å²) in [5.74, 6) is -5.24. The highest BCUT2D eigenvalue weighted by atomic mass is 32.2. The number of benzene rings is 2. The second-order valence-electron chi connectivity index (χ2n) is 5.77. The minimum atomic E-state index is -3.89. The Bertz CT molecular complexity index is 1020. The number of carbonyl (C=O) groups excluding carboxylic acids is 1. The van der Waals surface area contributed by atoms with Crippen LogP contribution < -0.4 is 10.0 Å². The first-order chi connectivity index (χ1) is 12.8. The molecule has 0 aromatic heterocycles. The molecule has 10 heteroatoms. The zero-order valence-corrected chi connectivity index (χ0v) is 14.6. The largest absolute Gasteiger partial charge is 0.322 e. The first kappa shape index (κ1) is 18.9. The van der Waals surface area contributed by atoms with Crippen LogP contribution in [-0.4, -0.2) is 26.7 Å². The van der Waals surface area contributed by atoms with Crippen molar-refractivity contribution >= 4 is 27.5 Å². The van der Waals surface area contributed by atoms with Crippen LogP contribution in [0, 0.1) is 17.5 Å². The molecule has 27 heavy (non-hydrogen) atoms. The van der Waals surface area contributed by atoms with E-state index in [-0.39, 0.29) is 10.6 Å². The third-order valence-corrected chi connectivity index (χ3v) is 5.15. The lowest BCUT2D eigenvalue weighted by Crippen LogP contribution is -2.29. The van der Waals surface area contributed by atoms with E-state index in [1.807, 2.05) is 0 Å². The van der Waals surface area contributed by atoms with E-state index in [0.29, 0.717) is 30.9 Å². The van der Waals surface area contributed by atoms with Gasteiger partial charge in [0.2, 0.25) is 0 Å². The number of amides is 1. The smallest absolute Gasteiger partial charge is 0.262 e. The number of hydrogen-bond acceptors (Lipinski definition) is 4. The van der Waals surface area contributed by atoms with E-state index in [0.717, 1.165) is 6.42 Å². The quantitative estimate of drug-likeness (QED) is 0.778. The molecule has 1 aliphatic rings. The van der Waals surface area contributed by atoms with E-state index in [1.165, 1.54) is 24.3 Å². The number of hydrogen-bond donors (Lipinski definition) is 2. The van der Waals surface area contributed by atoms with Crippen molar-refractivity contribution in [3.8, 4) is 0 Å². The van der Waals surface area contributed by atoms with E-state index in [4.69, 9.17) is 0 Å². The van der Waals surface area contributed by atoms with Crippen LogP contribution in [0.1, 0.15) is 23.2 Å². The Kier molecular flexibility index (Phi) is 5.17. The third-order valence-electron chi connectivity index (χ3n) is 3.77. The number of aliphatic imine (C=N–C) groups is 1. The highest BCUT2D eigenvalue weighted by Gasteiger charge is 2.19. The van der Waals surface area contributed by atoms with Gasteiger partial charge in [-0.2, -0.15) is 0 Å². The summed E-state index contributed by atoms with van der Waals surface area (Å²) in [6.45, 7) is 0.554. The standard InChI is InChI=1S/C17H14F3N3O3S/c18-13-7-10(8-14(19)16(13)20)17(24)22-11-3-1-4-12(9-11)27(25,26)23-15-5-2-6-21-15/h1,3-4,7-9H,2,5-6H2,(H,21,23)(H,22,24). The maximum atomic E-state index is 13.3. The van der Waals surface area contributed by atoms with Gasteiger partial charge in [-0.05, 0) is 36.8 Å². The fourth-order valence-corrected chi connectivity index (χ4v) is 3.60. The molecule has 2 aromatic carbocycles. The van der Waals surface area contributed by atoms with Crippen LogP contribution >= 0.6 is 0 Å². The molecule has 0 fully saturated rings. The second kappa shape index (κ2) is 7.39. The predicted octanol–water partition coefficient (Wildman–Crippen LogP) is 2.83. The van der Waals surface area contributed by atoms with Gasteiger partial charge in [0.25, 0.3) is 15.9 Å². The maximum absolute atomic E-state index is 13.3. The summed E-state index contributed by atoms with van der Waals surface area (Å²) in [5, 5.41) is 2.32. The summed E-state index contributed by atoms with van der Waals surface area (Å²) in [6, 6.07) is 6.41. The molecular formula is C17H14F3N3O3S. The fourth-order valence-electron chi connectivity index (χ4n) is 2.47. The minimum Gasteiger partial charge on any atom is -0.322 e. The van der Waals surface area contributed by atoms with Crippen LogP contribution in [0.2, 0.25) is 0 Å². The van der Waals surface area contributed by atoms with E-state index in [1.54, 1.807) is 0 Å². The summed E-state index contributed by atoms with van der Waals surface area (Å²) >= 11 is 0. The maximum Gasteiger partial charge on any atom is 0.262 e. The van der Waals surface area contributed by atoms with E-state index >= 15 is 0 Å². The molecule has 2 N–H and O–H groups in total. The molecule has 0 atom stereocenters. The van der Waals surface area contributed by atoms with Gasteiger partial charge in [0.15, 0.2) is 17.5 Å². The number of halogens is 3. The topological polar surface area (TPSA) is 87.6 Å². The lowest BCUT2D eigenvalue weighted by atomic mass is 10.2. The van der Waals surface area contributed by atoms with Crippen LogP contribution in [0.25, 0.3) is 0 Å². The molecule has 0 unspecified atom stereocenters. The number of amidine groups is 1. The molecule has 0 aliphatic carbocycles. The van der Waals surface area contributed by atoms with E-state index in [2.05, 4.69) is 15.0 Å². The molecule has 1 aliphatic heterocycles. The second-order valence-corrected chi connectivity index (χ2v) is 7.46. The van der Waals surface area contributed by atoms with Gasteiger partial charge in [-0.25, -0.2) is 21.6 Å². The van der Waals surface area contributed by atoms with Crippen molar-refractivity contribution in [1.82, 2.24) is 4.72 Å². The van der Waals surface area contributed by atoms with Crippen LogP contribution in [0.3, 0.4) is 0 Å². The predicted molar refractivity (Wildman–Crippen MR) is 92.6 cm³/mol. The number of rotatable bonds is 4. The zero-order chi connectivity index (χ0) is 19.6. The van der Waals surface area contributed by atoms with Crippen LogP contribution in [-0.2, 0) is 10.0 Å². The van der Waals surface area contributed by atoms with Gasteiger partial charge in [0, 0.05) is 24.2 Å². The minimum absolute atomic E-state index is 0.0846. The normalized spacial score (nSPS) is 14.0. The van der Waals surface area contributed by atoms with Crippen molar-refractivity contribution in [3.05, 3.63) is 59.4 Å². The molecule has 0 saturated carbocycles. The Labute approximate surface area is 153 Å². The van der Waals surface area contributed by atoms with Crippen LogP contribution in [0.5, 0.6) is 0 Å². The van der Waals surface area contributed by atoms with E-state index < -0.39 is 38.9 Å². The molecule has 142 valence electrons. The monoisotopic (exact) mass is 397 g/mol. The number of carbonyl (C=O) groups is 1. The molecular weight excluding hydrogens is 383 g/mol. The first-order valence-corrected chi connectivity index (χ1v) is 9.37. The summed E-state index contributed by atoms with van der Waals surface area (Å²) in [4.78, 5) is 16.0. The van der Waals surface area contributed by atoms with Crippen LogP contribution in [0.15, 0.2) is 46.3 Å². The van der Waals surface area contributed by atoms with Gasteiger partial charge in [-0.1, -0.05) is 6.07 Å². The number of sulfonamides is 1. The summed E-state index contributed by atoms with van der Waals surface area (Å²) in [6.07, 6.45) is 1.29. The summed E-state index contributed by atoms with van der Waals surface area (Å²) < 4.78 is 66.6. The van der Waals surface area contributed by atoms with Gasteiger partial charge in [0.05, 0.1) is 4.90 Å². The molecule has 0 bridgehead atoms. The molecule has 3 rings (SSSR count). The van der Waals surface area contributed by atoms with Gasteiger partial charge < -0.3 is 5.32 Å². The molecule has 1 amide bonds. The Hall–Kier alpha value is -2.88. The average Bonchev–Trinajstić information content (AvgIpc) is 3.11.